The number of nitrogens with one attached hydrogen (secondary N) is 1. The highest BCUT2D eigenvalue weighted by molar-refractivity contribution is 7.86. The summed E-state index contributed by atoms with van der Waals surface area (Å²) in [6, 6.07) is 0. The minimum Gasteiger partial charge on any atom is -0.481 e. The van der Waals surface area contributed by atoms with Crippen molar-refractivity contribution in [3.8, 4) is 0 Å². The van der Waals surface area contributed by atoms with Gasteiger partial charge in [0, 0.05) is 23.1 Å². The van der Waals surface area contributed by atoms with E-state index in [1.807, 2.05) is 13.8 Å². The van der Waals surface area contributed by atoms with Crippen LogP contribution in [0.4, 0.5) is 0 Å². The van der Waals surface area contributed by atoms with Crippen LogP contribution in [0, 0.1) is 5.92 Å². The van der Waals surface area contributed by atoms with Crippen LogP contribution in [-0.2, 0) is 20.4 Å². The zero-order chi connectivity index (χ0) is 12.7. The van der Waals surface area contributed by atoms with E-state index in [1.54, 1.807) is 6.92 Å². The van der Waals surface area contributed by atoms with E-state index < -0.39 is 22.0 Å². The number of carbonyl (C=O) groups excluding carboxylic acids is 1. The van der Waals surface area contributed by atoms with E-state index in [0.29, 0.717) is 12.5 Å². The lowest BCUT2D eigenvalue weighted by Gasteiger charge is -2.12. The van der Waals surface area contributed by atoms with Crippen LogP contribution in [0.5, 0.6) is 0 Å². The van der Waals surface area contributed by atoms with Gasteiger partial charge >= 0.3 is 5.97 Å². The summed E-state index contributed by atoms with van der Waals surface area (Å²) < 4.78 is 11.5. The number of carbonyl (C=O) groups is 2. The molecule has 0 aromatic rings. The zero-order valence-corrected chi connectivity index (χ0v) is 10.7. The first kappa shape index (κ1) is 15.1. The highest BCUT2D eigenvalue weighted by atomic mass is 32.2. The third-order valence-electron chi connectivity index (χ3n) is 1.97. The van der Waals surface area contributed by atoms with Crippen LogP contribution in [0.1, 0.15) is 27.2 Å². The number of hydrogen-bond donors (Lipinski definition) is 2. The van der Waals surface area contributed by atoms with E-state index in [-0.39, 0.29) is 18.1 Å². The van der Waals surface area contributed by atoms with Crippen molar-refractivity contribution in [2.45, 2.75) is 32.4 Å². The molecule has 0 aromatic heterocycles. The molecule has 0 aliphatic rings. The van der Waals surface area contributed by atoms with E-state index in [9.17, 15) is 13.8 Å². The normalized spacial score (nSPS) is 14.5. The van der Waals surface area contributed by atoms with E-state index in [1.165, 1.54) is 0 Å². The van der Waals surface area contributed by atoms with Gasteiger partial charge in [-0.1, -0.05) is 13.8 Å². The van der Waals surface area contributed by atoms with Gasteiger partial charge in [0.25, 0.3) is 0 Å². The van der Waals surface area contributed by atoms with Crippen molar-refractivity contribution in [3.63, 3.8) is 0 Å². The summed E-state index contributed by atoms with van der Waals surface area (Å²) in [6.07, 6.45) is -0.172. The maximum Gasteiger partial charge on any atom is 0.304 e. The third-order valence-corrected chi connectivity index (χ3v) is 3.57. The summed E-state index contributed by atoms with van der Waals surface area (Å²) in [5.41, 5.74) is 0. The Labute approximate surface area is 98.1 Å². The Hall–Kier alpha value is -0.910. The Morgan fingerprint density at radius 3 is 2.31 bits per heavy atom. The Kier molecular flexibility index (Phi) is 6.96. The number of aliphatic carboxylic acids is 1. The molecule has 0 aromatic carbocycles. The fraction of sp³-hybridized carbons (Fsp3) is 0.800. The van der Waals surface area contributed by atoms with Gasteiger partial charge in [-0.25, -0.2) is 0 Å². The molecule has 0 spiro atoms. The predicted octanol–water partition coefficient (Wildman–Crippen LogP) is 0.370. The zero-order valence-electron chi connectivity index (χ0n) is 9.86. The number of hydrogen-bond acceptors (Lipinski definition) is 3. The second-order valence-corrected chi connectivity index (χ2v) is 5.89. The van der Waals surface area contributed by atoms with Crippen LogP contribution in [0.2, 0.25) is 0 Å². The van der Waals surface area contributed by atoms with Crippen molar-refractivity contribution >= 4 is 22.7 Å². The van der Waals surface area contributed by atoms with Gasteiger partial charge in [-0.3, -0.25) is 13.8 Å². The molecule has 0 rings (SSSR count). The van der Waals surface area contributed by atoms with Crippen LogP contribution in [0.3, 0.4) is 0 Å². The predicted molar refractivity (Wildman–Crippen MR) is 62.6 cm³/mol. The molecular formula is C10H19NO4S. The summed E-state index contributed by atoms with van der Waals surface area (Å²) in [7, 11) is -1.42. The van der Waals surface area contributed by atoms with Gasteiger partial charge < -0.3 is 10.4 Å². The minimum atomic E-state index is -1.42. The summed E-state index contributed by atoms with van der Waals surface area (Å²) in [5.74, 6) is -0.921. The molecule has 5 nitrogen and oxygen atoms in total. The third kappa shape index (κ3) is 6.55. The van der Waals surface area contributed by atoms with E-state index >= 15 is 0 Å². The van der Waals surface area contributed by atoms with Gasteiger partial charge in [-0.2, -0.15) is 0 Å². The average molecular weight is 249 g/mol. The number of carboxylic acids is 1. The molecule has 0 aliphatic heterocycles. The summed E-state index contributed by atoms with van der Waals surface area (Å²) in [6.45, 7) is 6.02. The molecule has 2 atom stereocenters. The van der Waals surface area contributed by atoms with Crippen molar-refractivity contribution in [2.75, 3.05) is 12.3 Å². The largest absolute Gasteiger partial charge is 0.481 e. The van der Waals surface area contributed by atoms with Gasteiger partial charge in [0.05, 0.1) is 6.42 Å². The first-order chi connectivity index (χ1) is 7.34. The van der Waals surface area contributed by atoms with Crippen LogP contribution < -0.4 is 5.32 Å². The van der Waals surface area contributed by atoms with Gasteiger partial charge in [-0.15, -0.1) is 0 Å². The van der Waals surface area contributed by atoms with Crippen LogP contribution >= 0.6 is 0 Å². The van der Waals surface area contributed by atoms with E-state index in [0.717, 1.165) is 0 Å². The van der Waals surface area contributed by atoms with Crippen LogP contribution in [-0.4, -0.2) is 38.7 Å². The first-order valence-corrected chi connectivity index (χ1v) is 6.59. The molecule has 0 aliphatic carbocycles. The van der Waals surface area contributed by atoms with Gasteiger partial charge in [0.1, 0.15) is 5.25 Å². The van der Waals surface area contributed by atoms with Gasteiger partial charge in [0.15, 0.2) is 0 Å². The second-order valence-electron chi connectivity index (χ2n) is 4.01. The van der Waals surface area contributed by atoms with Crippen LogP contribution in [0.15, 0.2) is 0 Å². The summed E-state index contributed by atoms with van der Waals surface area (Å²) in [4.78, 5) is 21.8. The highest BCUT2D eigenvalue weighted by Crippen LogP contribution is 1.99. The van der Waals surface area contributed by atoms with E-state index in [4.69, 9.17) is 5.11 Å². The molecule has 0 radical (unpaired) electrons. The first-order valence-electron chi connectivity index (χ1n) is 5.21. The Bertz CT molecular complexity index is 278. The lowest BCUT2D eigenvalue weighted by Crippen LogP contribution is -2.38. The van der Waals surface area contributed by atoms with Crippen molar-refractivity contribution in [1.29, 1.82) is 0 Å². The van der Waals surface area contributed by atoms with Crippen molar-refractivity contribution in [2.24, 2.45) is 5.92 Å². The maximum atomic E-state index is 11.5. The minimum absolute atomic E-state index is 0.0194. The molecule has 2 N–H and O–H groups in total. The molecule has 1 amide bonds. The molecule has 2 unspecified atom stereocenters. The van der Waals surface area contributed by atoms with E-state index in [2.05, 4.69) is 5.32 Å². The molecule has 6 heteroatoms. The topological polar surface area (TPSA) is 83.5 Å². The summed E-state index contributed by atoms with van der Waals surface area (Å²) in [5, 5.41) is 10.4. The number of amides is 1. The second kappa shape index (κ2) is 7.38. The Morgan fingerprint density at radius 1 is 1.31 bits per heavy atom. The average Bonchev–Trinajstić information content (AvgIpc) is 2.21. The quantitative estimate of drug-likeness (QED) is 0.683. The lowest BCUT2D eigenvalue weighted by atomic mass is 10.2. The summed E-state index contributed by atoms with van der Waals surface area (Å²) >= 11 is 0. The molecule has 0 saturated heterocycles. The monoisotopic (exact) mass is 249 g/mol. The molecule has 0 fully saturated rings. The smallest absolute Gasteiger partial charge is 0.304 e. The lowest BCUT2D eigenvalue weighted by molar-refractivity contribution is -0.136. The standard InChI is InChI=1S/C10H19NO4S/c1-7(2)6-11-10(14)8(3)16(15)5-4-9(12)13/h7-8H,4-6H2,1-3H3,(H,11,14)(H,12,13). The van der Waals surface area contributed by atoms with Crippen molar-refractivity contribution in [1.82, 2.24) is 5.32 Å². The molecular weight excluding hydrogens is 230 g/mol. The molecule has 0 saturated carbocycles. The SMILES string of the molecule is CC(C)CNC(=O)C(C)S(=O)CCC(=O)O. The van der Waals surface area contributed by atoms with Gasteiger partial charge in [-0.05, 0) is 12.8 Å². The number of carboxylic acid groups (broad SMARTS) is 1. The number of rotatable bonds is 7. The molecule has 94 valence electrons. The van der Waals surface area contributed by atoms with Crippen molar-refractivity contribution in [3.05, 3.63) is 0 Å². The highest BCUT2D eigenvalue weighted by Gasteiger charge is 2.20. The van der Waals surface area contributed by atoms with Crippen molar-refractivity contribution < 1.29 is 18.9 Å². The Morgan fingerprint density at radius 2 is 1.88 bits per heavy atom. The maximum absolute atomic E-state index is 11.5. The van der Waals surface area contributed by atoms with Gasteiger partial charge in [0.2, 0.25) is 5.91 Å². The molecule has 0 bridgehead atoms. The Balaban J connectivity index is 4.01. The fourth-order valence-corrected chi connectivity index (χ4v) is 1.98. The molecule has 0 heterocycles. The molecule has 16 heavy (non-hydrogen) atoms. The van der Waals surface area contributed by atoms with Crippen LogP contribution in [0.25, 0.3) is 0 Å². The fourth-order valence-electron chi connectivity index (χ4n) is 0.933.